The van der Waals surface area contributed by atoms with Crippen molar-refractivity contribution < 1.29 is 4.79 Å². The highest BCUT2D eigenvalue weighted by atomic mass is 79.9. The monoisotopic (exact) mass is 268 g/mol. The highest BCUT2D eigenvalue weighted by molar-refractivity contribution is 9.10. The number of nitrogens with one attached hydrogen (secondary N) is 2. The van der Waals surface area contributed by atoms with Gasteiger partial charge in [0.25, 0.3) is 0 Å². The van der Waals surface area contributed by atoms with Gasteiger partial charge in [0, 0.05) is 17.6 Å². The van der Waals surface area contributed by atoms with E-state index in [0.717, 1.165) is 24.0 Å². The molecule has 0 aliphatic carbocycles. The zero-order valence-electron chi connectivity index (χ0n) is 8.29. The summed E-state index contributed by atoms with van der Waals surface area (Å²) in [6.07, 6.45) is 0.741. The van der Waals surface area contributed by atoms with Crippen LogP contribution in [0, 0.1) is 0 Å². The number of benzene rings is 1. The van der Waals surface area contributed by atoms with Crippen LogP contribution in [-0.4, -0.2) is 25.0 Å². The minimum absolute atomic E-state index is 0.0898. The van der Waals surface area contributed by atoms with Crippen LogP contribution >= 0.6 is 15.9 Å². The fraction of sp³-hybridized carbons (Fsp3) is 0.364. The van der Waals surface area contributed by atoms with Crippen molar-refractivity contribution >= 4 is 21.8 Å². The number of rotatable bonds is 2. The minimum atomic E-state index is -0.0898. The molecule has 1 heterocycles. The Morgan fingerprint density at radius 1 is 1.40 bits per heavy atom. The van der Waals surface area contributed by atoms with Crippen molar-refractivity contribution in [1.29, 1.82) is 0 Å². The maximum absolute atomic E-state index is 11.5. The highest BCUT2D eigenvalue weighted by Crippen LogP contribution is 2.13. The molecular formula is C11H13BrN2O. The SMILES string of the molecule is O=C1NCCNC1Cc1cccc(Br)c1. The first kappa shape index (κ1) is 10.6. The summed E-state index contributed by atoms with van der Waals surface area (Å²) in [5.41, 5.74) is 1.17. The fourth-order valence-corrected chi connectivity index (χ4v) is 2.16. The molecule has 1 amide bonds. The van der Waals surface area contributed by atoms with Crippen molar-refractivity contribution in [3.8, 4) is 0 Å². The molecule has 4 heteroatoms. The molecular weight excluding hydrogens is 256 g/mol. The van der Waals surface area contributed by atoms with Crippen molar-refractivity contribution in [2.75, 3.05) is 13.1 Å². The average Bonchev–Trinajstić information content (AvgIpc) is 2.22. The van der Waals surface area contributed by atoms with Gasteiger partial charge in [0.1, 0.15) is 0 Å². The zero-order valence-corrected chi connectivity index (χ0v) is 9.88. The van der Waals surface area contributed by atoms with Gasteiger partial charge in [-0.3, -0.25) is 4.79 Å². The summed E-state index contributed by atoms with van der Waals surface area (Å²) < 4.78 is 1.05. The van der Waals surface area contributed by atoms with Crippen LogP contribution in [0.5, 0.6) is 0 Å². The molecule has 1 aromatic carbocycles. The molecule has 1 aliphatic rings. The van der Waals surface area contributed by atoms with Gasteiger partial charge in [-0.15, -0.1) is 0 Å². The molecule has 80 valence electrons. The smallest absolute Gasteiger partial charge is 0.237 e. The molecule has 1 aromatic rings. The van der Waals surface area contributed by atoms with Crippen LogP contribution in [0.4, 0.5) is 0 Å². The second-order valence-corrected chi connectivity index (χ2v) is 4.55. The van der Waals surface area contributed by atoms with Crippen molar-refractivity contribution in [3.63, 3.8) is 0 Å². The summed E-state index contributed by atoms with van der Waals surface area (Å²) in [6.45, 7) is 1.58. The fourth-order valence-electron chi connectivity index (χ4n) is 1.71. The number of hydrogen-bond acceptors (Lipinski definition) is 2. The van der Waals surface area contributed by atoms with Crippen LogP contribution in [0.15, 0.2) is 28.7 Å². The van der Waals surface area contributed by atoms with E-state index in [9.17, 15) is 4.79 Å². The highest BCUT2D eigenvalue weighted by Gasteiger charge is 2.21. The van der Waals surface area contributed by atoms with Crippen LogP contribution in [-0.2, 0) is 11.2 Å². The van der Waals surface area contributed by atoms with E-state index in [-0.39, 0.29) is 11.9 Å². The van der Waals surface area contributed by atoms with Crippen molar-refractivity contribution in [2.45, 2.75) is 12.5 Å². The Balaban J connectivity index is 2.04. The van der Waals surface area contributed by atoms with Crippen LogP contribution < -0.4 is 10.6 Å². The van der Waals surface area contributed by atoms with Crippen molar-refractivity contribution in [3.05, 3.63) is 34.3 Å². The summed E-state index contributed by atoms with van der Waals surface area (Å²) >= 11 is 3.42. The first-order valence-corrected chi connectivity index (χ1v) is 5.80. The Morgan fingerprint density at radius 2 is 2.27 bits per heavy atom. The Hall–Kier alpha value is -0.870. The van der Waals surface area contributed by atoms with Crippen molar-refractivity contribution in [2.24, 2.45) is 0 Å². The quantitative estimate of drug-likeness (QED) is 0.843. The molecule has 1 fully saturated rings. The number of carbonyl (C=O) groups is 1. The lowest BCUT2D eigenvalue weighted by Crippen LogP contribution is -2.53. The summed E-state index contributed by atoms with van der Waals surface area (Å²) in [4.78, 5) is 11.5. The van der Waals surface area contributed by atoms with E-state index in [1.807, 2.05) is 24.3 Å². The van der Waals surface area contributed by atoms with Crippen LogP contribution in [0.1, 0.15) is 5.56 Å². The summed E-state index contributed by atoms with van der Waals surface area (Å²) in [7, 11) is 0. The van der Waals surface area contributed by atoms with Gasteiger partial charge in [0.05, 0.1) is 6.04 Å². The van der Waals surface area contributed by atoms with Crippen LogP contribution in [0.2, 0.25) is 0 Å². The van der Waals surface area contributed by atoms with Crippen LogP contribution in [0.25, 0.3) is 0 Å². The molecule has 0 aromatic heterocycles. The first-order chi connectivity index (χ1) is 7.25. The number of hydrogen-bond donors (Lipinski definition) is 2. The van der Waals surface area contributed by atoms with Gasteiger partial charge in [0.2, 0.25) is 5.91 Å². The third-order valence-corrected chi connectivity index (χ3v) is 2.95. The number of amides is 1. The lowest BCUT2D eigenvalue weighted by Gasteiger charge is -2.23. The van der Waals surface area contributed by atoms with E-state index in [2.05, 4.69) is 26.6 Å². The standard InChI is InChI=1S/C11H13BrN2O/c12-9-3-1-2-8(6-9)7-10-11(15)14-5-4-13-10/h1-3,6,10,13H,4-5,7H2,(H,14,15). The molecule has 1 atom stereocenters. The predicted octanol–water partition coefficient (Wildman–Crippen LogP) is 1.08. The number of carbonyl (C=O) groups excluding carboxylic acids is 1. The zero-order chi connectivity index (χ0) is 10.7. The van der Waals surface area contributed by atoms with Gasteiger partial charge in [-0.05, 0) is 24.1 Å². The Kier molecular flexibility index (Phi) is 3.38. The second-order valence-electron chi connectivity index (χ2n) is 3.63. The molecule has 3 nitrogen and oxygen atoms in total. The lowest BCUT2D eigenvalue weighted by atomic mass is 10.0. The molecule has 0 radical (unpaired) electrons. The van der Waals surface area contributed by atoms with Crippen molar-refractivity contribution in [1.82, 2.24) is 10.6 Å². The van der Waals surface area contributed by atoms with E-state index in [0.29, 0.717) is 0 Å². The average molecular weight is 269 g/mol. The Bertz CT molecular complexity index is 367. The molecule has 1 aliphatic heterocycles. The maximum Gasteiger partial charge on any atom is 0.237 e. The lowest BCUT2D eigenvalue weighted by molar-refractivity contribution is -0.124. The van der Waals surface area contributed by atoms with E-state index >= 15 is 0 Å². The summed E-state index contributed by atoms with van der Waals surface area (Å²) in [5.74, 6) is 0.0984. The topological polar surface area (TPSA) is 41.1 Å². The molecule has 15 heavy (non-hydrogen) atoms. The number of halogens is 1. The van der Waals surface area contributed by atoms with E-state index < -0.39 is 0 Å². The molecule has 1 saturated heterocycles. The first-order valence-electron chi connectivity index (χ1n) is 5.01. The summed E-state index contributed by atoms with van der Waals surface area (Å²) in [5, 5.41) is 6.06. The van der Waals surface area contributed by atoms with Gasteiger partial charge in [-0.2, -0.15) is 0 Å². The molecule has 2 rings (SSSR count). The molecule has 2 N–H and O–H groups in total. The van der Waals surface area contributed by atoms with Crippen LogP contribution in [0.3, 0.4) is 0 Å². The third-order valence-electron chi connectivity index (χ3n) is 2.46. The normalized spacial score (nSPS) is 21.1. The van der Waals surface area contributed by atoms with E-state index in [4.69, 9.17) is 0 Å². The molecule has 0 spiro atoms. The molecule has 0 saturated carbocycles. The van der Waals surface area contributed by atoms with E-state index in [1.165, 1.54) is 5.56 Å². The molecule has 0 bridgehead atoms. The second kappa shape index (κ2) is 4.77. The largest absolute Gasteiger partial charge is 0.353 e. The molecule has 1 unspecified atom stereocenters. The van der Waals surface area contributed by atoms with Gasteiger partial charge in [0.15, 0.2) is 0 Å². The Morgan fingerprint density at radius 3 is 3.00 bits per heavy atom. The number of piperazine rings is 1. The third kappa shape index (κ3) is 2.79. The van der Waals surface area contributed by atoms with Gasteiger partial charge in [-0.25, -0.2) is 0 Å². The Labute approximate surface area is 97.4 Å². The minimum Gasteiger partial charge on any atom is -0.353 e. The summed E-state index contributed by atoms with van der Waals surface area (Å²) in [6, 6.07) is 7.96. The predicted molar refractivity (Wildman–Crippen MR) is 62.6 cm³/mol. The van der Waals surface area contributed by atoms with Gasteiger partial charge in [-0.1, -0.05) is 28.1 Å². The van der Waals surface area contributed by atoms with E-state index in [1.54, 1.807) is 0 Å². The maximum atomic E-state index is 11.5. The van der Waals surface area contributed by atoms with Gasteiger partial charge >= 0.3 is 0 Å². The van der Waals surface area contributed by atoms with Gasteiger partial charge < -0.3 is 10.6 Å².